The second kappa shape index (κ2) is 8.03. The van der Waals surface area contributed by atoms with E-state index in [1.165, 1.54) is 27.2 Å². The van der Waals surface area contributed by atoms with Crippen molar-refractivity contribution in [3.05, 3.63) is 90.1 Å². The summed E-state index contributed by atoms with van der Waals surface area (Å²) in [6.07, 6.45) is 6.22. The Hall–Kier alpha value is -2.84. The largest absolute Gasteiger partial charge is 0.343 e. The number of aliphatic imine (C=N–C) groups is 1. The third-order valence-corrected chi connectivity index (χ3v) is 4.54. The third kappa shape index (κ3) is 3.56. The molecule has 1 heterocycles. The average molecular weight is 361 g/mol. The minimum absolute atomic E-state index is 0. The summed E-state index contributed by atoms with van der Waals surface area (Å²) < 4.78 is 2.17. The maximum Gasteiger partial charge on any atom is 0.0596 e. The molecule has 26 heavy (non-hydrogen) atoms. The molecule has 0 amide bonds. The molecule has 4 aromatic rings. The van der Waals surface area contributed by atoms with E-state index in [-0.39, 0.29) is 12.4 Å². The van der Waals surface area contributed by atoms with Gasteiger partial charge in [0.25, 0.3) is 0 Å². The summed E-state index contributed by atoms with van der Waals surface area (Å²) in [5.41, 5.74) is 3.59. The Kier molecular flexibility index (Phi) is 5.55. The lowest BCUT2D eigenvalue weighted by Gasteiger charge is -2.01. The molecule has 4 rings (SSSR count). The van der Waals surface area contributed by atoms with Crippen LogP contribution in [0.15, 0.2) is 83.9 Å². The number of para-hydroxylation sites is 1. The molecular weight excluding hydrogens is 340 g/mol. The Morgan fingerprint density at radius 2 is 1.62 bits per heavy atom. The van der Waals surface area contributed by atoms with Crippen molar-refractivity contribution < 1.29 is 0 Å². The zero-order valence-corrected chi connectivity index (χ0v) is 15.5. The van der Waals surface area contributed by atoms with Crippen LogP contribution in [-0.4, -0.2) is 17.3 Å². The smallest absolute Gasteiger partial charge is 0.0596 e. The molecule has 1 aromatic heterocycles. The number of aromatic nitrogens is 1. The van der Waals surface area contributed by atoms with Crippen LogP contribution < -0.4 is 0 Å². The second-order valence-electron chi connectivity index (χ2n) is 6.15. The fourth-order valence-electron chi connectivity index (χ4n) is 3.22. The van der Waals surface area contributed by atoms with Gasteiger partial charge in [-0.2, -0.15) is 0 Å². The van der Waals surface area contributed by atoms with E-state index < -0.39 is 0 Å². The van der Waals surface area contributed by atoms with Crippen LogP contribution in [0.25, 0.3) is 27.8 Å². The summed E-state index contributed by atoms with van der Waals surface area (Å²) in [7, 11) is 2.08. The molecule has 3 heteroatoms. The van der Waals surface area contributed by atoms with Crippen LogP contribution in [0.2, 0.25) is 0 Å². The molecule has 0 N–H and O–H groups in total. The predicted octanol–water partition coefficient (Wildman–Crippen LogP) is 5.89. The molecule has 0 aliphatic carbocycles. The summed E-state index contributed by atoms with van der Waals surface area (Å²) >= 11 is 0. The van der Waals surface area contributed by atoms with Crippen molar-refractivity contribution in [3.8, 4) is 0 Å². The molecule has 0 aliphatic rings. The van der Waals surface area contributed by atoms with Gasteiger partial charge in [-0.3, -0.25) is 4.99 Å². The van der Waals surface area contributed by atoms with Crippen molar-refractivity contribution >= 4 is 46.4 Å². The van der Waals surface area contributed by atoms with Crippen molar-refractivity contribution in [2.24, 2.45) is 12.0 Å². The molecule has 3 aromatic carbocycles. The van der Waals surface area contributed by atoms with Gasteiger partial charge in [0.15, 0.2) is 0 Å². The van der Waals surface area contributed by atoms with Gasteiger partial charge in [0, 0.05) is 24.2 Å². The van der Waals surface area contributed by atoms with Crippen LogP contribution in [0.1, 0.15) is 11.3 Å². The molecule has 0 fully saturated rings. The Morgan fingerprint density at radius 1 is 0.885 bits per heavy atom. The molecule has 0 atom stereocenters. The summed E-state index contributed by atoms with van der Waals surface area (Å²) in [4.78, 5) is 4.56. The summed E-state index contributed by atoms with van der Waals surface area (Å²) in [5.74, 6) is 0. The summed E-state index contributed by atoms with van der Waals surface area (Å²) in [6.45, 7) is 0.671. The monoisotopic (exact) mass is 360 g/mol. The molecule has 130 valence electrons. The van der Waals surface area contributed by atoms with E-state index in [0.717, 1.165) is 5.69 Å². The van der Waals surface area contributed by atoms with Crippen LogP contribution in [-0.2, 0) is 7.05 Å². The normalized spacial score (nSPS) is 11.6. The number of benzene rings is 3. The van der Waals surface area contributed by atoms with Gasteiger partial charge in [-0.05, 0) is 28.5 Å². The van der Waals surface area contributed by atoms with Gasteiger partial charge >= 0.3 is 0 Å². The minimum atomic E-state index is 0. The van der Waals surface area contributed by atoms with Gasteiger partial charge in [0.2, 0.25) is 0 Å². The molecule has 0 bridgehead atoms. The molecule has 2 nitrogen and oxygen atoms in total. The first-order chi connectivity index (χ1) is 12.3. The SMILES string of the molecule is Cl.Cn1c(C=NC/C=C/c2cccc3ccccc23)cc2ccccc21. The van der Waals surface area contributed by atoms with Gasteiger partial charge in [-0.15, -0.1) is 12.4 Å². The average Bonchev–Trinajstić information content (AvgIpc) is 2.98. The lowest BCUT2D eigenvalue weighted by molar-refractivity contribution is 0.957. The van der Waals surface area contributed by atoms with E-state index >= 15 is 0 Å². The van der Waals surface area contributed by atoms with E-state index in [2.05, 4.69) is 102 Å². The highest BCUT2D eigenvalue weighted by Gasteiger charge is 2.01. The van der Waals surface area contributed by atoms with Crippen LogP contribution >= 0.6 is 12.4 Å². The van der Waals surface area contributed by atoms with Gasteiger partial charge in [0.1, 0.15) is 0 Å². The van der Waals surface area contributed by atoms with Gasteiger partial charge in [-0.25, -0.2) is 0 Å². The standard InChI is InChI=1S/C23H20N2.ClH/c1-25-21(16-20-9-3-5-14-23(20)25)17-24-15-7-12-19-11-6-10-18-8-2-4-13-22(18)19;/h2-14,16-17H,15H2,1H3;1H/b12-7+,24-17?;. The highest BCUT2D eigenvalue weighted by Crippen LogP contribution is 2.19. The Balaban J connectivity index is 0.00000196. The molecule has 0 radical (unpaired) electrons. The highest BCUT2D eigenvalue weighted by molar-refractivity contribution is 5.91. The van der Waals surface area contributed by atoms with Crippen LogP contribution in [0.3, 0.4) is 0 Å². The van der Waals surface area contributed by atoms with E-state index in [1.54, 1.807) is 0 Å². The lowest BCUT2D eigenvalue weighted by Crippen LogP contribution is -1.94. The number of halogens is 1. The first-order valence-electron chi connectivity index (χ1n) is 8.51. The predicted molar refractivity (Wildman–Crippen MR) is 116 cm³/mol. The summed E-state index contributed by atoms with van der Waals surface area (Å²) in [5, 5.41) is 3.79. The van der Waals surface area contributed by atoms with Crippen molar-refractivity contribution in [1.29, 1.82) is 0 Å². The fourth-order valence-corrected chi connectivity index (χ4v) is 3.22. The van der Waals surface area contributed by atoms with Crippen molar-refractivity contribution in [3.63, 3.8) is 0 Å². The molecule has 0 unspecified atom stereocenters. The third-order valence-electron chi connectivity index (χ3n) is 4.54. The first kappa shape index (κ1) is 18.0. The van der Waals surface area contributed by atoms with E-state index in [9.17, 15) is 0 Å². The number of aryl methyl sites for hydroxylation is 1. The molecular formula is C23H21ClN2. The lowest BCUT2D eigenvalue weighted by atomic mass is 10.0. The van der Waals surface area contributed by atoms with E-state index in [4.69, 9.17) is 0 Å². The number of hydrogen-bond donors (Lipinski definition) is 0. The second-order valence-corrected chi connectivity index (χ2v) is 6.15. The van der Waals surface area contributed by atoms with E-state index in [0.29, 0.717) is 6.54 Å². The summed E-state index contributed by atoms with van der Waals surface area (Å²) in [6, 6.07) is 25.4. The van der Waals surface area contributed by atoms with E-state index in [1.807, 2.05) is 6.21 Å². The van der Waals surface area contributed by atoms with Crippen molar-refractivity contribution in [2.45, 2.75) is 0 Å². The molecule has 0 spiro atoms. The minimum Gasteiger partial charge on any atom is -0.343 e. The molecule has 0 saturated carbocycles. The van der Waals surface area contributed by atoms with Gasteiger partial charge in [0.05, 0.1) is 12.2 Å². The number of hydrogen-bond acceptors (Lipinski definition) is 1. The first-order valence-corrected chi connectivity index (χ1v) is 8.51. The highest BCUT2D eigenvalue weighted by atomic mass is 35.5. The zero-order valence-electron chi connectivity index (χ0n) is 14.7. The zero-order chi connectivity index (χ0) is 17.1. The van der Waals surface area contributed by atoms with Crippen LogP contribution in [0.5, 0.6) is 0 Å². The maximum absolute atomic E-state index is 4.56. The Bertz CT molecular complexity index is 1080. The maximum atomic E-state index is 4.56. The molecule has 0 saturated heterocycles. The fraction of sp³-hybridized carbons (Fsp3) is 0.0870. The number of nitrogens with zero attached hydrogens (tertiary/aromatic N) is 2. The Morgan fingerprint density at radius 3 is 2.46 bits per heavy atom. The van der Waals surface area contributed by atoms with Crippen molar-refractivity contribution in [1.82, 2.24) is 4.57 Å². The van der Waals surface area contributed by atoms with Crippen LogP contribution in [0, 0.1) is 0 Å². The quantitative estimate of drug-likeness (QED) is 0.404. The molecule has 0 aliphatic heterocycles. The van der Waals surface area contributed by atoms with Crippen LogP contribution in [0.4, 0.5) is 0 Å². The number of fused-ring (bicyclic) bond motifs is 2. The van der Waals surface area contributed by atoms with Gasteiger partial charge < -0.3 is 4.57 Å². The topological polar surface area (TPSA) is 17.3 Å². The Labute approximate surface area is 159 Å². The van der Waals surface area contributed by atoms with Gasteiger partial charge in [-0.1, -0.05) is 72.8 Å². The van der Waals surface area contributed by atoms with Crippen molar-refractivity contribution in [2.75, 3.05) is 6.54 Å². The number of rotatable bonds is 4.